The van der Waals surface area contributed by atoms with Gasteiger partial charge in [0.25, 0.3) is 0 Å². The molecule has 2 aliphatic rings. The maximum absolute atomic E-state index is 13.3. The van der Waals surface area contributed by atoms with Crippen molar-refractivity contribution < 1.29 is 24.5 Å². The first-order chi connectivity index (χ1) is 19.1. The van der Waals surface area contributed by atoms with Crippen LogP contribution in [0.15, 0.2) is 55.9 Å². The number of fused-ring (bicyclic) bond motifs is 1. The molecular formula is C33H53FN2O4. The van der Waals surface area contributed by atoms with E-state index in [1.807, 2.05) is 51.7 Å². The van der Waals surface area contributed by atoms with E-state index in [4.69, 9.17) is 0 Å². The summed E-state index contributed by atoms with van der Waals surface area (Å²) in [6.45, 7) is 21.4. The highest BCUT2D eigenvalue weighted by atomic mass is 19.1. The number of phenols is 2. The van der Waals surface area contributed by atoms with Gasteiger partial charge in [-0.25, -0.2) is 4.39 Å². The normalized spacial score (nSPS) is 25.8. The lowest BCUT2D eigenvalue weighted by Crippen LogP contribution is -2.65. The summed E-state index contributed by atoms with van der Waals surface area (Å²) in [6.07, 6.45) is 8.56. The van der Waals surface area contributed by atoms with E-state index in [1.54, 1.807) is 19.1 Å². The third-order valence-electron chi connectivity index (χ3n) is 8.12. The van der Waals surface area contributed by atoms with Gasteiger partial charge in [0.15, 0.2) is 11.5 Å². The minimum atomic E-state index is -0.964. The first-order valence-electron chi connectivity index (χ1n) is 14.9. The molecule has 1 saturated carbocycles. The number of hydrogen-bond acceptors (Lipinski definition) is 5. The molecule has 0 aromatic heterocycles. The van der Waals surface area contributed by atoms with Crippen molar-refractivity contribution in [2.75, 3.05) is 19.6 Å². The molecule has 3 N–H and O–H groups in total. The fraction of sp³-hybridized carbons (Fsp3) is 0.606. The van der Waals surface area contributed by atoms with Gasteiger partial charge in [0.2, 0.25) is 5.91 Å². The zero-order valence-corrected chi connectivity index (χ0v) is 25.5. The zero-order valence-electron chi connectivity index (χ0n) is 25.5. The number of aromatic hydroxyl groups is 2. The Morgan fingerprint density at radius 1 is 1.18 bits per heavy atom. The molecule has 1 aromatic rings. The average Bonchev–Trinajstić information content (AvgIpc) is 2.96. The molecule has 2 fully saturated rings. The predicted octanol–water partition coefficient (Wildman–Crippen LogP) is 6.62. The SMILES string of the molecule is C=CCN1CCC2CC(N(CC(C)C=C)C(=O)C(C)/C=C/F)CCC2(O)[C@H]1Cc1ccc(O)c(O)c1.CC.CC. The molecule has 7 heteroatoms. The van der Waals surface area contributed by atoms with E-state index in [9.17, 15) is 24.5 Å². The standard InChI is InChI=1S/C29H41FN2O4.2C2H6/c1-5-14-31-15-11-23-18-24(32(19-20(3)6-2)28(35)21(4)10-13-30)9-12-29(23,36)27(31)17-22-7-8-25(33)26(34)16-22;2*1-2/h5-8,10,13,16,20-21,23-24,27,33-34,36H,1-2,9,11-12,14-15,17-19H2,3-4H3;2*1-2H3/b13-10+;;/t20?,21?,23?,24?,27-,29?;;/m1../s1. The molecule has 0 radical (unpaired) electrons. The van der Waals surface area contributed by atoms with Crippen LogP contribution >= 0.6 is 0 Å². The summed E-state index contributed by atoms with van der Waals surface area (Å²) < 4.78 is 12.8. The number of aliphatic hydroxyl groups is 1. The van der Waals surface area contributed by atoms with E-state index < -0.39 is 11.5 Å². The minimum absolute atomic E-state index is 0.00520. The van der Waals surface area contributed by atoms with Gasteiger partial charge in [0.1, 0.15) is 0 Å². The summed E-state index contributed by atoms with van der Waals surface area (Å²) in [4.78, 5) is 17.4. The molecule has 1 aromatic carbocycles. The van der Waals surface area contributed by atoms with E-state index in [1.165, 1.54) is 12.1 Å². The molecule has 1 amide bonds. The Balaban J connectivity index is 0.00000191. The van der Waals surface area contributed by atoms with Gasteiger partial charge in [-0.2, -0.15) is 0 Å². The van der Waals surface area contributed by atoms with Crippen molar-refractivity contribution in [3.8, 4) is 11.5 Å². The second kappa shape index (κ2) is 17.2. The molecule has 1 saturated heterocycles. The largest absolute Gasteiger partial charge is 0.504 e. The van der Waals surface area contributed by atoms with Crippen LogP contribution < -0.4 is 0 Å². The molecule has 0 bridgehead atoms. The summed E-state index contributed by atoms with van der Waals surface area (Å²) in [5, 5.41) is 31.8. The Hall–Kier alpha value is -2.64. The number of nitrogens with zero attached hydrogens (tertiary/aromatic N) is 2. The number of piperidine rings is 1. The molecule has 5 unspecified atom stereocenters. The third-order valence-corrected chi connectivity index (χ3v) is 8.12. The van der Waals surface area contributed by atoms with Crippen molar-refractivity contribution in [2.24, 2.45) is 17.8 Å². The predicted molar refractivity (Wildman–Crippen MR) is 163 cm³/mol. The van der Waals surface area contributed by atoms with Gasteiger partial charge < -0.3 is 20.2 Å². The topological polar surface area (TPSA) is 84.2 Å². The van der Waals surface area contributed by atoms with Gasteiger partial charge in [0, 0.05) is 25.2 Å². The van der Waals surface area contributed by atoms with Crippen LogP contribution in [0, 0.1) is 17.8 Å². The number of phenolic OH excluding ortho intramolecular Hbond substituents is 2. The van der Waals surface area contributed by atoms with E-state index >= 15 is 0 Å². The van der Waals surface area contributed by atoms with E-state index in [2.05, 4.69) is 18.1 Å². The maximum Gasteiger partial charge on any atom is 0.229 e. The van der Waals surface area contributed by atoms with Crippen LogP contribution in [0.4, 0.5) is 4.39 Å². The number of amides is 1. The molecule has 0 spiro atoms. The molecule has 40 heavy (non-hydrogen) atoms. The van der Waals surface area contributed by atoms with E-state index in [-0.39, 0.29) is 41.3 Å². The monoisotopic (exact) mass is 560 g/mol. The fourth-order valence-electron chi connectivity index (χ4n) is 6.00. The number of hydrogen-bond donors (Lipinski definition) is 3. The van der Waals surface area contributed by atoms with Crippen LogP contribution in [-0.2, 0) is 11.2 Å². The second-order valence-electron chi connectivity index (χ2n) is 10.5. The highest BCUT2D eigenvalue weighted by Gasteiger charge is 2.52. The van der Waals surface area contributed by atoms with Gasteiger partial charge in [-0.15, -0.1) is 13.2 Å². The summed E-state index contributed by atoms with van der Waals surface area (Å²) >= 11 is 0. The molecule has 1 aliphatic carbocycles. The van der Waals surface area contributed by atoms with Crippen molar-refractivity contribution in [1.82, 2.24) is 9.80 Å². The zero-order chi connectivity index (χ0) is 30.5. The van der Waals surface area contributed by atoms with Crippen LogP contribution in [0.25, 0.3) is 0 Å². The maximum atomic E-state index is 13.3. The first kappa shape index (κ1) is 35.4. The number of carbonyl (C=O) groups excluding carboxylic acids is 1. The molecule has 6 atom stereocenters. The number of carbonyl (C=O) groups is 1. The molecule has 1 heterocycles. The smallest absolute Gasteiger partial charge is 0.229 e. The first-order valence-corrected chi connectivity index (χ1v) is 14.9. The lowest BCUT2D eigenvalue weighted by molar-refractivity contribution is -0.158. The van der Waals surface area contributed by atoms with E-state index in [0.29, 0.717) is 45.1 Å². The quantitative estimate of drug-likeness (QED) is 0.221. The summed E-state index contributed by atoms with van der Waals surface area (Å²) in [5.41, 5.74) is -0.127. The Morgan fingerprint density at radius 2 is 1.85 bits per heavy atom. The fourth-order valence-corrected chi connectivity index (χ4v) is 6.00. The summed E-state index contributed by atoms with van der Waals surface area (Å²) in [7, 11) is 0. The molecule has 3 rings (SSSR count). The highest BCUT2D eigenvalue weighted by molar-refractivity contribution is 5.80. The van der Waals surface area contributed by atoms with Crippen LogP contribution in [0.1, 0.15) is 72.8 Å². The molecular weight excluding hydrogens is 507 g/mol. The Bertz CT molecular complexity index is 968. The molecule has 6 nitrogen and oxygen atoms in total. The van der Waals surface area contributed by atoms with Crippen LogP contribution in [0.2, 0.25) is 0 Å². The second-order valence-corrected chi connectivity index (χ2v) is 10.5. The summed E-state index contributed by atoms with van der Waals surface area (Å²) in [6, 6.07) is 4.57. The van der Waals surface area contributed by atoms with Crippen LogP contribution in [0.5, 0.6) is 11.5 Å². The van der Waals surface area contributed by atoms with Gasteiger partial charge in [-0.1, -0.05) is 52.8 Å². The van der Waals surface area contributed by atoms with Crippen molar-refractivity contribution in [3.05, 3.63) is 61.5 Å². The minimum Gasteiger partial charge on any atom is -0.504 e. The third kappa shape index (κ3) is 8.68. The molecule has 1 aliphatic heterocycles. The average molecular weight is 561 g/mol. The Labute approximate surface area is 241 Å². The van der Waals surface area contributed by atoms with Crippen LogP contribution in [0.3, 0.4) is 0 Å². The molecule has 226 valence electrons. The number of halogens is 1. The lowest BCUT2D eigenvalue weighted by Gasteiger charge is -2.56. The summed E-state index contributed by atoms with van der Waals surface area (Å²) in [5.74, 6) is -0.911. The Morgan fingerprint density at radius 3 is 2.42 bits per heavy atom. The number of likely N-dealkylation sites (tertiary alicyclic amines) is 1. The van der Waals surface area contributed by atoms with Crippen molar-refractivity contribution in [3.63, 3.8) is 0 Å². The van der Waals surface area contributed by atoms with E-state index in [0.717, 1.165) is 18.5 Å². The van der Waals surface area contributed by atoms with Crippen molar-refractivity contribution in [1.29, 1.82) is 0 Å². The van der Waals surface area contributed by atoms with Crippen LogP contribution in [-0.4, -0.2) is 68.3 Å². The number of rotatable bonds is 10. The number of benzene rings is 1. The van der Waals surface area contributed by atoms with Gasteiger partial charge >= 0.3 is 0 Å². The van der Waals surface area contributed by atoms with Crippen molar-refractivity contribution >= 4 is 5.91 Å². The van der Waals surface area contributed by atoms with Crippen molar-refractivity contribution in [2.45, 2.75) is 91.3 Å². The highest BCUT2D eigenvalue weighted by Crippen LogP contribution is 2.46. The Kier molecular flexibility index (Phi) is 15.2. The van der Waals surface area contributed by atoms with Gasteiger partial charge in [-0.05, 0) is 81.2 Å². The van der Waals surface area contributed by atoms with Gasteiger partial charge in [0.05, 0.1) is 17.8 Å². The lowest BCUT2D eigenvalue weighted by atomic mass is 9.64. The van der Waals surface area contributed by atoms with Gasteiger partial charge in [-0.3, -0.25) is 9.69 Å².